The van der Waals surface area contributed by atoms with E-state index in [1.165, 1.54) is 0 Å². The Morgan fingerprint density at radius 1 is 1.38 bits per heavy atom. The molecular formula is C12H15BrN2O. The minimum absolute atomic E-state index is 0.0166. The van der Waals surface area contributed by atoms with Crippen molar-refractivity contribution < 1.29 is 4.79 Å². The molecule has 0 spiro atoms. The van der Waals surface area contributed by atoms with Gasteiger partial charge in [0.25, 0.3) is 0 Å². The highest BCUT2D eigenvalue weighted by molar-refractivity contribution is 9.10. The molecule has 0 radical (unpaired) electrons. The number of amides is 2. The van der Waals surface area contributed by atoms with Crippen molar-refractivity contribution in [2.75, 3.05) is 18.4 Å². The van der Waals surface area contributed by atoms with Crippen LogP contribution in [0.5, 0.6) is 0 Å². The zero-order valence-corrected chi connectivity index (χ0v) is 10.9. The van der Waals surface area contributed by atoms with Crippen LogP contribution in [0, 0.1) is 6.92 Å². The summed E-state index contributed by atoms with van der Waals surface area (Å²) in [5.41, 5.74) is 1.96. The molecule has 3 nitrogen and oxygen atoms in total. The summed E-state index contributed by atoms with van der Waals surface area (Å²) in [5, 5.41) is 2.95. The van der Waals surface area contributed by atoms with Crippen LogP contribution < -0.4 is 5.32 Å². The van der Waals surface area contributed by atoms with Crippen molar-refractivity contribution in [2.45, 2.75) is 19.8 Å². The van der Waals surface area contributed by atoms with E-state index in [0.717, 1.165) is 41.7 Å². The number of anilines is 1. The van der Waals surface area contributed by atoms with Crippen LogP contribution in [0.25, 0.3) is 0 Å². The monoisotopic (exact) mass is 282 g/mol. The van der Waals surface area contributed by atoms with Crippen LogP contribution in [0.4, 0.5) is 10.5 Å². The summed E-state index contributed by atoms with van der Waals surface area (Å²) in [7, 11) is 0. The predicted octanol–water partition coefficient (Wildman–Crippen LogP) is 3.39. The summed E-state index contributed by atoms with van der Waals surface area (Å²) >= 11 is 3.41. The molecule has 86 valence electrons. The lowest BCUT2D eigenvalue weighted by atomic mass is 10.2. The zero-order valence-electron chi connectivity index (χ0n) is 9.29. The Hall–Kier alpha value is -1.03. The first-order chi connectivity index (χ1) is 7.66. The van der Waals surface area contributed by atoms with Gasteiger partial charge in [0.2, 0.25) is 0 Å². The molecule has 4 heteroatoms. The lowest BCUT2D eigenvalue weighted by Gasteiger charge is -2.17. The van der Waals surface area contributed by atoms with E-state index in [-0.39, 0.29) is 6.03 Å². The van der Waals surface area contributed by atoms with Crippen LogP contribution in [-0.4, -0.2) is 24.0 Å². The first-order valence-electron chi connectivity index (χ1n) is 5.49. The summed E-state index contributed by atoms with van der Waals surface area (Å²) in [5.74, 6) is 0. The number of carbonyl (C=O) groups is 1. The van der Waals surface area contributed by atoms with Gasteiger partial charge in [-0.1, -0.05) is 15.9 Å². The molecule has 1 aromatic carbocycles. The molecule has 2 amide bonds. The van der Waals surface area contributed by atoms with Crippen LogP contribution >= 0.6 is 15.9 Å². The highest BCUT2D eigenvalue weighted by atomic mass is 79.9. The molecule has 1 N–H and O–H groups in total. The molecule has 1 aliphatic heterocycles. The zero-order chi connectivity index (χ0) is 11.5. The average Bonchev–Trinajstić information content (AvgIpc) is 2.75. The first-order valence-corrected chi connectivity index (χ1v) is 6.28. The number of nitrogens with one attached hydrogen (secondary N) is 1. The van der Waals surface area contributed by atoms with Gasteiger partial charge in [-0.05, 0) is 43.5 Å². The van der Waals surface area contributed by atoms with Crippen molar-refractivity contribution in [1.29, 1.82) is 0 Å². The van der Waals surface area contributed by atoms with Gasteiger partial charge in [-0.2, -0.15) is 0 Å². The van der Waals surface area contributed by atoms with Crippen molar-refractivity contribution in [3.63, 3.8) is 0 Å². The highest BCUT2D eigenvalue weighted by Gasteiger charge is 2.18. The summed E-state index contributed by atoms with van der Waals surface area (Å²) in [6, 6.07) is 5.88. The molecule has 2 rings (SSSR count). The normalized spacial score (nSPS) is 15.2. The molecule has 0 bridgehead atoms. The highest BCUT2D eigenvalue weighted by Crippen LogP contribution is 2.21. The number of halogens is 1. The third-order valence-electron chi connectivity index (χ3n) is 2.82. The van der Waals surface area contributed by atoms with Crippen molar-refractivity contribution in [2.24, 2.45) is 0 Å². The quantitative estimate of drug-likeness (QED) is 0.842. The number of hydrogen-bond donors (Lipinski definition) is 1. The number of carbonyl (C=O) groups excluding carboxylic acids is 1. The molecule has 0 aromatic heterocycles. The molecule has 1 heterocycles. The van der Waals surface area contributed by atoms with E-state index in [9.17, 15) is 4.79 Å². The van der Waals surface area contributed by atoms with Gasteiger partial charge in [-0.3, -0.25) is 0 Å². The summed E-state index contributed by atoms with van der Waals surface area (Å²) < 4.78 is 1.03. The molecule has 0 unspecified atom stereocenters. The molecular weight excluding hydrogens is 268 g/mol. The first kappa shape index (κ1) is 11.5. The van der Waals surface area contributed by atoms with E-state index in [1.54, 1.807) is 0 Å². The summed E-state index contributed by atoms with van der Waals surface area (Å²) in [4.78, 5) is 13.7. The molecule has 16 heavy (non-hydrogen) atoms. The Kier molecular flexibility index (Phi) is 3.49. The number of benzene rings is 1. The second kappa shape index (κ2) is 4.87. The average molecular weight is 283 g/mol. The van der Waals surface area contributed by atoms with E-state index in [1.807, 2.05) is 30.0 Å². The largest absolute Gasteiger partial charge is 0.325 e. The number of nitrogens with zero attached hydrogens (tertiary/aromatic N) is 1. The topological polar surface area (TPSA) is 32.3 Å². The number of hydrogen-bond acceptors (Lipinski definition) is 1. The Labute approximate surface area is 104 Å². The van der Waals surface area contributed by atoms with Gasteiger partial charge in [-0.25, -0.2) is 4.79 Å². The van der Waals surface area contributed by atoms with Crippen LogP contribution in [0.2, 0.25) is 0 Å². The van der Waals surface area contributed by atoms with Crippen LogP contribution in [0.1, 0.15) is 18.4 Å². The van der Waals surface area contributed by atoms with E-state index < -0.39 is 0 Å². The Balaban J connectivity index is 2.05. The maximum Gasteiger partial charge on any atom is 0.321 e. The summed E-state index contributed by atoms with van der Waals surface area (Å²) in [6.07, 6.45) is 2.24. The second-order valence-corrected chi connectivity index (χ2v) is 5.00. The lowest BCUT2D eigenvalue weighted by Crippen LogP contribution is -2.32. The van der Waals surface area contributed by atoms with E-state index in [4.69, 9.17) is 0 Å². The Bertz CT molecular complexity index is 400. The third-order valence-corrected chi connectivity index (χ3v) is 3.32. The third kappa shape index (κ3) is 2.55. The van der Waals surface area contributed by atoms with Gasteiger partial charge in [0, 0.05) is 23.2 Å². The van der Waals surface area contributed by atoms with Gasteiger partial charge in [0.1, 0.15) is 0 Å². The molecule has 1 saturated heterocycles. The number of aryl methyl sites for hydroxylation is 1. The second-order valence-electron chi connectivity index (χ2n) is 4.08. The maximum atomic E-state index is 11.9. The molecule has 0 aliphatic carbocycles. The number of urea groups is 1. The van der Waals surface area contributed by atoms with Gasteiger partial charge < -0.3 is 10.2 Å². The Morgan fingerprint density at radius 2 is 2.06 bits per heavy atom. The van der Waals surface area contributed by atoms with Crippen LogP contribution in [-0.2, 0) is 0 Å². The van der Waals surface area contributed by atoms with E-state index in [2.05, 4.69) is 21.2 Å². The van der Waals surface area contributed by atoms with Crippen LogP contribution in [0.15, 0.2) is 22.7 Å². The minimum Gasteiger partial charge on any atom is -0.325 e. The summed E-state index contributed by atoms with van der Waals surface area (Å²) in [6.45, 7) is 3.74. The van der Waals surface area contributed by atoms with Crippen molar-refractivity contribution in [3.8, 4) is 0 Å². The maximum absolute atomic E-state index is 11.9. The standard InChI is InChI=1S/C12H15BrN2O/c1-9-8-10(13)4-5-11(9)14-12(16)15-6-2-3-7-15/h4-5,8H,2-3,6-7H2,1H3,(H,14,16). The lowest BCUT2D eigenvalue weighted by molar-refractivity contribution is 0.222. The van der Waals surface area contributed by atoms with Gasteiger partial charge >= 0.3 is 6.03 Å². The predicted molar refractivity (Wildman–Crippen MR) is 68.7 cm³/mol. The van der Waals surface area contributed by atoms with Crippen molar-refractivity contribution in [3.05, 3.63) is 28.2 Å². The van der Waals surface area contributed by atoms with Gasteiger partial charge in [-0.15, -0.1) is 0 Å². The smallest absolute Gasteiger partial charge is 0.321 e. The van der Waals surface area contributed by atoms with E-state index >= 15 is 0 Å². The van der Waals surface area contributed by atoms with Crippen molar-refractivity contribution >= 4 is 27.6 Å². The van der Waals surface area contributed by atoms with Crippen molar-refractivity contribution in [1.82, 2.24) is 4.90 Å². The molecule has 1 aliphatic rings. The van der Waals surface area contributed by atoms with Gasteiger partial charge in [0.05, 0.1) is 0 Å². The SMILES string of the molecule is Cc1cc(Br)ccc1NC(=O)N1CCCC1. The molecule has 0 saturated carbocycles. The molecule has 1 fully saturated rings. The van der Waals surface area contributed by atoms with Crippen LogP contribution in [0.3, 0.4) is 0 Å². The number of likely N-dealkylation sites (tertiary alicyclic amines) is 1. The molecule has 0 atom stereocenters. The fourth-order valence-corrected chi connectivity index (χ4v) is 2.36. The Morgan fingerprint density at radius 3 is 2.69 bits per heavy atom. The van der Waals surface area contributed by atoms with E-state index in [0.29, 0.717) is 0 Å². The number of rotatable bonds is 1. The fraction of sp³-hybridized carbons (Fsp3) is 0.417. The molecule has 1 aromatic rings. The fourth-order valence-electron chi connectivity index (χ4n) is 1.88. The van der Waals surface area contributed by atoms with Gasteiger partial charge in [0.15, 0.2) is 0 Å². The minimum atomic E-state index is 0.0166.